The van der Waals surface area contributed by atoms with Gasteiger partial charge in [-0.05, 0) is 80.3 Å². The second-order valence-electron chi connectivity index (χ2n) is 8.93. The predicted octanol–water partition coefficient (Wildman–Crippen LogP) is 6.24. The van der Waals surface area contributed by atoms with E-state index in [1.54, 1.807) is 45.0 Å². The maximum atomic E-state index is 11.9. The van der Waals surface area contributed by atoms with E-state index in [4.69, 9.17) is 21.1 Å². The van der Waals surface area contributed by atoms with Crippen molar-refractivity contribution < 1.29 is 24.2 Å². The molecule has 0 fully saturated rings. The largest absolute Gasteiger partial charge is 0.480 e. The summed E-state index contributed by atoms with van der Waals surface area (Å²) in [7, 11) is 0. The number of amides is 1. The summed E-state index contributed by atoms with van der Waals surface area (Å²) in [6.45, 7) is 5.15. The summed E-state index contributed by atoms with van der Waals surface area (Å²) in [6.07, 6.45) is 0.155. The maximum absolute atomic E-state index is 11.9. The highest BCUT2D eigenvalue weighted by atomic mass is 35.5. The highest BCUT2D eigenvalue weighted by molar-refractivity contribution is 6.30. The Morgan fingerprint density at radius 2 is 1.32 bits per heavy atom. The number of hydrogen-bond acceptors (Lipinski definition) is 4. The first kappa shape index (κ1) is 25.1. The molecule has 1 unspecified atom stereocenters. The van der Waals surface area contributed by atoms with Crippen molar-refractivity contribution in [3.8, 4) is 11.5 Å². The number of halogens is 1. The maximum Gasteiger partial charge on any atom is 0.408 e. The van der Waals surface area contributed by atoms with Crippen molar-refractivity contribution in [2.45, 2.75) is 45.3 Å². The molecule has 0 aromatic heterocycles. The third kappa shape index (κ3) is 8.12. The Labute approximate surface area is 204 Å². The molecule has 6 nitrogen and oxygen atoms in total. The summed E-state index contributed by atoms with van der Waals surface area (Å²) >= 11 is 5.94. The van der Waals surface area contributed by atoms with E-state index in [1.807, 2.05) is 48.5 Å². The van der Waals surface area contributed by atoms with Crippen LogP contribution in [0.2, 0.25) is 5.02 Å². The van der Waals surface area contributed by atoms with Gasteiger partial charge in [-0.3, -0.25) is 0 Å². The molecule has 0 aliphatic heterocycles. The van der Waals surface area contributed by atoms with Crippen molar-refractivity contribution in [1.29, 1.82) is 0 Å². The molecule has 0 aliphatic rings. The summed E-state index contributed by atoms with van der Waals surface area (Å²) in [5.74, 6) is 0.189. The molecule has 0 spiro atoms. The Hall–Kier alpha value is -3.51. The minimum absolute atomic E-state index is 0.119. The number of hydrogen-bond donors (Lipinski definition) is 2. The van der Waals surface area contributed by atoms with Crippen LogP contribution in [0.4, 0.5) is 4.79 Å². The lowest BCUT2D eigenvalue weighted by atomic mass is 10.1. The number of carbonyl (C=O) groups is 2. The molecule has 3 rings (SSSR count). The third-order valence-electron chi connectivity index (χ3n) is 4.83. The fraction of sp³-hybridized carbons (Fsp3) is 0.259. The highest BCUT2D eigenvalue weighted by Gasteiger charge is 2.24. The fourth-order valence-electron chi connectivity index (χ4n) is 3.23. The lowest BCUT2D eigenvalue weighted by Crippen LogP contribution is -2.44. The Bertz CT molecular complexity index is 1100. The standard InChI is InChI=1S/C27H28ClNO5/c1-27(2,3)34-26(32)29-24(25(30)31)17-20-8-14-23(15-9-20)33-22-12-6-19(7-13-22)16-18-4-10-21(28)11-5-18/h4-15,24H,16-17H2,1-3H3,(H,29,32)(H,30,31). The molecular formula is C27H28ClNO5. The smallest absolute Gasteiger partial charge is 0.408 e. The molecule has 0 saturated carbocycles. The first-order valence-corrected chi connectivity index (χ1v) is 11.3. The zero-order chi connectivity index (χ0) is 24.7. The van der Waals surface area contributed by atoms with Gasteiger partial charge in [0, 0.05) is 11.4 Å². The Kier molecular flexibility index (Phi) is 8.18. The van der Waals surface area contributed by atoms with Gasteiger partial charge in [-0.1, -0.05) is 48.0 Å². The van der Waals surface area contributed by atoms with Crippen LogP contribution < -0.4 is 10.1 Å². The number of carboxylic acid groups (broad SMARTS) is 1. The number of carboxylic acids is 1. The molecule has 0 bridgehead atoms. The van der Waals surface area contributed by atoms with Gasteiger partial charge in [0.25, 0.3) is 0 Å². The van der Waals surface area contributed by atoms with Crippen LogP contribution in [0.1, 0.15) is 37.5 Å². The quantitative estimate of drug-likeness (QED) is 0.397. The summed E-state index contributed by atoms with van der Waals surface area (Å²) in [6, 6.07) is 21.6. The number of benzene rings is 3. The van der Waals surface area contributed by atoms with E-state index in [2.05, 4.69) is 5.32 Å². The molecule has 3 aromatic carbocycles. The first-order valence-electron chi connectivity index (χ1n) is 10.9. The SMILES string of the molecule is CC(C)(C)OC(=O)NC(Cc1ccc(Oc2ccc(Cc3ccc(Cl)cc3)cc2)cc1)C(=O)O. The van der Waals surface area contributed by atoms with Gasteiger partial charge in [0.1, 0.15) is 23.1 Å². The van der Waals surface area contributed by atoms with Crippen molar-refractivity contribution in [3.63, 3.8) is 0 Å². The molecule has 1 amide bonds. The second kappa shape index (κ2) is 11.1. The van der Waals surface area contributed by atoms with E-state index < -0.39 is 23.7 Å². The number of ether oxygens (including phenoxy) is 2. The third-order valence-corrected chi connectivity index (χ3v) is 5.08. The zero-order valence-electron chi connectivity index (χ0n) is 19.4. The van der Waals surface area contributed by atoms with Crippen LogP contribution in [0, 0.1) is 0 Å². The lowest BCUT2D eigenvalue weighted by Gasteiger charge is -2.22. The van der Waals surface area contributed by atoms with Gasteiger partial charge < -0.3 is 19.9 Å². The second-order valence-corrected chi connectivity index (χ2v) is 9.37. The Morgan fingerprint density at radius 1 is 0.853 bits per heavy atom. The average Bonchev–Trinajstić information content (AvgIpc) is 2.76. The van der Waals surface area contributed by atoms with Gasteiger partial charge in [-0.2, -0.15) is 0 Å². The zero-order valence-corrected chi connectivity index (χ0v) is 20.1. The van der Waals surface area contributed by atoms with Crippen molar-refractivity contribution in [1.82, 2.24) is 5.32 Å². The minimum Gasteiger partial charge on any atom is -0.480 e. The van der Waals surface area contributed by atoms with Gasteiger partial charge >= 0.3 is 12.1 Å². The van der Waals surface area contributed by atoms with Gasteiger partial charge in [0.15, 0.2) is 0 Å². The van der Waals surface area contributed by atoms with E-state index in [0.29, 0.717) is 11.5 Å². The Morgan fingerprint density at radius 3 is 1.79 bits per heavy atom. The molecule has 3 aromatic rings. The van der Waals surface area contributed by atoms with Crippen LogP contribution in [0.15, 0.2) is 72.8 Å². The van der Waals surface area contributed by atoms with Gasteiger partial charge in [0.05, 0.1) is 0 Å². The van der Waals surface area contributed by atoms with Crippen LogP contribution in [0.5, 0.6) is 11.5 Å². The molecule has 2 N–H and O–H groups in total. The molecule has 0 radical (unpaired) electrons. The van der Waals surface area contributed by atoms with Crippen molar-refractivity contribution in [2.75, 3.05) is 0 Å². The van der Waals surface area contributed by atoms with E-state index in [-0.39, 0.29) is 6.42 Å². The van der Waals surface area contributed by atoms with Crippen LogP contribution in [-0.4, -0.2) is 28.8 Å². The van der Waals surface area contributed by atoms with Gasteiger partial charge in [-0.25, -0.2) is 9.59 Å². The van der Waals surface area contributed by atoms with Crippen molar-refractivity contribution in [3.05, 3.63) is 94.5 Å². The van der Waals surface area contributed by atoms with Crippen LogP contribution in [0.3, 0.4) is 0 Å². The van der Waals surface area contributed by atoms with Gasteiger partial charge in [0.2, 0.25) is 0 Å². The van der Waals surface area contributed by atoms with Crippen LogP contribution in [0.25, 0.3) is 0 Å². The highest BCUT2D eigenvalue weighted by Crippen LogP contribution is 2.23. The molecule has 178 valence electrons. The minimum atomic E-state index is -1.13. The summed E-state index contributed by atoms with van der Waals surface area (Å²) < 4.78 is 11.1. The predicted molar refractivity (Wildman–Crippen MR) is 132 cm³/mol. The molecule has 0 aliphatic carbocycles. The number of carbonyl (C=O) groups excluding carboxylic acids is 1. The van der Waals surface area contributed by atoms with Crippen molar-refractivity contribution >= 4 is 23.7 Å². The summed E-state index contributed by atoms with van der Waals surface area (Å²) in [4.78, 5) is 23.5. The average molecular weight is 482 g/mol. The van der Waals surface area contributed by atoms with E-state index in [9.17, 15) is 14.7 Å². The fourth-order valence-corrected chi connectivity index (χ4v) is 3.35. The normalized spacial score (nSPS) is 12.0. The van der Waals surface area contributed by atoms with Gasteiger partial charge in [-0.15, -0.1) is 0 Å². The number of nitrogens with one attached hydrogen (secondary N) is 1. The van der Waals surface area contributed by atoms with Crippen LogP contribution in [-0.2, 0) is 22.4 Å². The number of alkyl carbamates (subject to hydrolysis) is 1. The van der Waals surface area contributed by atoms with E-state index in [1.165, 1.54) is 5.56 Å². The molecule has 7 heteroatoms. The summed E-state index contributed by atoms with van der Waals surface area (Å²) in [5, 5.41) is 12.6. The molecule has 0 saturated heterocycles. The van der Waals surface area contributed by atoms with E-state index >= 15 is 0 Å². The number of aliphatic carboxylic acids is 1. The molecular weight excluding hydrogens is 454 g/mol. The van der Waals surface area contributed by atoms with E-state index in [0.717, 1.165) is 22.6 Å². The number of rotatable bonds is 8. The topological polar surface area (TPSA) is 84.9 Å². The molecule has 1 atom stereocenters. The molecule has 34 heavy (non-hydrogen) atoms. The molecule has 0 heterocycles. The lowest BCUT2D eigenvalue weighted by molar-refractivity contribution is -0.139. The van der Waals surface area contributed by atoms with Crippen LogP contribution >= 0.6 is 11.6 Å². The summed E-state index contributed by atoms with van der Waals surface area (Å²) in [5.41, 5.74) is 2.37. The first-order chi connectivity index (χ1) is 16.1. The Balaban J connectivity index is 1.56. The monoisotopic (exact) mass is 481 g/mol. The van der Waals surface area contributed by atoms with Crippen molar-refractivity contribution in [2.24, 2.45) is 0 Å².